The molecule has 1 amide bonds. The molecule has 144 valence electrons. The number of benzene rings is 1. The number of carbonyl (C=O) groups is 1. The van der Waals surface area contributed by atoms with E-state index in [4.69, 9.17) is 0 Å². The maximum atomic E-state index is 12.9. The predicted octanol–water partition coefficient (Wildman–Crippen LogP) is 3.11. The molecule has 4 aromatic rings. The van der Waals surface area contributed by atoms with Gasteiger partial charge in [-0.3, -0.25) is 9.78 Å². The Morgan fingerprint density at radius 1 is 0.931 bits per heavy atom. The zero-order chi connectivity index (χ0) is 19.6. The van der Waals surface area contributed by atoms with Crippen LogP contribution in [-0.2, 0) is 0 Å². The van der Waals surface area contributed by atoms with Crippen LogP contribution in [0.4, 0.5) is 5.82 Å². The van der Waals surface area contributed by atoms with E-state index in [0.29, 0.717) is 13.1 Å². The topological polar surface area (TPSA) is 75.1 Å². The quantitative estimate of drug-likeness (QED) is 0.524. The molecule has 0 atom stereocenters. The molecule has 0 N–H and O–H groups in total. The first kappa shape index (κ1) is 17.7. The number of fused-ring (bicyclic) bond motifs is 1. The molecule has 0 saturated carbocycles. The Balaban J connectivity index is 1.24. The molecule has 3 aromatic heterocycles. The van der Waals surface area contributed by atoms with Crippen molar-refractivity contribution in [3.63, 3.8) is 0 Å². The van der Waals surface area contributed by atoms with Crippen molar-refractivity contribution in [2.24, 2.45) is 0 Å². The van der Waals surface area contributed by atoms with Gasteiger partial charge < -0.3 is 9.80 Å². The molecule has 0 radical (unpaired) electrons. The van der Waals surface area contributed by atoms with Crippen LogP contribution in [0.15, 0.2) is 60.4 Å². The number of hydrogen-bond donors (Lipinski definition) is 0. The lowest BCUT2D eigenvalue weighted by molar-refractivity contribution is 0.0746. The molecule has 5 rings (SSSR count). The molecule has 0 spiro atoms. The monoisotopic (exact) mass is 402 g/mol. The Kier molecular flexibility index (Phi) is 4.61. The Morgan fingerprint density at radius 2 is 1.76 bits per heavy atom. The number of carbonyl (C=O) groups excluding carboxylic acids is 1. The minimum absolute atomic E-state index is 0.0686. The van der Waals surface area contributed by atoms with Crippen molar-refractivity contribution >= 4 is 33.3 Å². The van der Waals surface area contributed by atoms with E-state index in [9.17, 15) is 4.79 Å². The first-order chi connectivity index (χ1) is 14.3. The Morgan fingerprint density at radius 3 is 2.52 bits per heavy atom. The normalized spacial score (nSPS) is 14.3. The number of amides is 1. The summed E-state index contributed by atoms with van der Waals surface area (Å²) in [5.41, 5.74) is 5.27. The third-order valence-electron chi connectivity index (χ3n) is 5.10. The van der Waals surface area contributed by atoms with Gasteiger partial charge in [-0.05, 0) is 42.5 Å². The predicted molar refractivity (Wildman–Crippen MR) is 113 cm³/mol. The van der Waals surface area contributed by atoms with E-state index in [1.54, 1.807) is 29.2 Å². The highest BCUT2D eigenvalue weighted by atomic mass is 32.1. The Bertz CT molecular complexity index is 1140. The summed E-state index contributed by atoms with van der Waals surface area (Å²) in [6.45, 7) is 2.79. The van der Waals surface area contributed by atoms with Crippen molar-refractivity contribution in [1.29, 1.82) is 0 Å². The number of pyridine rings is 1. The van der Waals surface area contributed by atoms with Crippen LogP contribution < -0.4 is 4.90 Å². The lowest BCUT2D eigenvalue weighted by Crippen LogP contribution is -2.49. The molecule has 8 heteroatoms. The second kappa shape index (κ2) is 7.56. The summed E-state index contributed by atoms with van der Waals surface area (Å²) in [6, 6.07) is 13.5. The van der Waals surface area contributed by atoms with Gasteiger partial charge in [0, 0.05) is 49.7 Å². The van der Waals surface area contributed by atoms with E-state index in [1.807, 2.05) is 47.4 Å². The number of rotatable bonds is 3. The summed E-state index contributed by atoms with van der Waals surface area (Å²) in [5.74, 6) is 0.903. The first-order valence-corrected chi connectivity index (χ1v) is 10.3. The van der Waals surface area contributed by atoms with Gasteiger partial charge >= 0.3 is 0 Å². The van der Waals surface area contributed by atoms with Gasteiger partial charge in [0.15, 0.2) is 5.82 Å². The molecule has 0 unspecified atom stereocenters. The van der Waals surface area contributed by atoms with Crippen LogP contribution in [0.25, 0.3) is 21.5 Å². The highest BCUT2D eigenvalue weighted by Gasteiger charge is 2.23. The molecular weight excluding hydrogens is 384 g/mol. The van der Waals surface area contributed by atoms with E-state index in [-0.39, 0.29) is 5.91 Å². The van der Waals surface area contributed by atoms with Crippen molar-refractivity contribution in [2.75, 3.05) is 31.1 Å². The van der Waals surface area contributed by atoms with Crippen LogP contribution in [-0.4, -0.2) is 57.2 Å². The number of aromatic nitrogens is 4. The van der Waals surface area contributed by atoms with E-state index in [0.717, 1.165) is 45.9 Å². The fourth-order valence-corrected chi connectivity index (χ4v) is 4.20. The van der Waals surface area contributed by atoms with Gasteiger partial charge in [-0.15, -0.1) is 21.5 Å². The first-order valence-electron chi connectivity index (χ1n) is 9.39. The maximum Gasteiger partial charge on any atom is 0.254 e. The van der Waals surface area contributed by atoms with Gasteiger partial charge in [-0.1, -0.05) is 0 Å². The standard InChI is InChI=1S/C21H18N6OS/c28-21(16-1-2-18-19(13-16)29-14-23-18)27-11-9-26(10-12-27)20-4-3-17(24-25-20)15-5-7-22-8-6-15/h1-8,13-14H,9-12H2. The number of piperazine rings is 1. The molecule has 1 aliphatic heterocycles. The van der Waals surface area contributed by atoms with Crippen molar-refractivity contribution in [3.05, 3.63) is 65.9 Å². The number of thiazole rings is 1. The Hall–Kier alpha value is -3.39. The van der Waals surface area contributed by atoms with Gasteiger partial charge in [-0.2, -0.15) is 0 Å². The Labute approximate surface area is 171 Å². The van der Waals surface area contributed by atoms with Crippen LogP contribution in [0.2, 0.25) is 0 Å². The highest BCUT2D eigenvalue weighted by Crippen LogP contribution is 2.22. The minimum Gasteiger partial charge on any atom is -0.352 e. The van der Waals surface area contributed by atoms with E-state index in [1.165, 1.54) is 0 Å². The summed E-state index contributed by atoms with van der Waals surface area (Å²) >= 11 is 1.55. The molecule has 1 saturated heterocycles. The van der Waals surface area contributed by atoms with Crippen LogP contribution in [0.1, 0.15) is 10.4 Å². The van der Waals surface area contributed by atoms with Crippen molar-refractivity contribution in [3.8, 4) is 11.3 Å². The second-order valence-corrected chi connectivity index (χ2v) is 7.71. The van der Waals surface area contributed by atoms with Gasteiger partial charge in [0.05, 0.1) is 21.4 Å². The summed E-state index contributed by atoms with van der Waals surface area (Å²) in [5, 5.41) is 8.73. The smallest absolute Gasteiger partial charge is 0.254 e. The van der Waals surface area contributed by atoms with Crippen LogP contribution in [0.3, 0.4) is 0 Å². The SMILES string of the molecule is O=C(c1ccc2ncsc2c1)N1CCN(c2ccc(-c3ccncc3)nn2)CC1. The van der Waals surface area contributed by atoms with Gasteiger partial charge in [-0.25, -0.2) is 4.98 Å². The van der Waals surface area contributed by atoms with Gasteiger partial charge in [0.1, 0.15) is 0 Å². The molecule has 1 aliphatic rings. The van der Waals surface area contributed by atoms with Gasteiger partial charge in [0.25, 0.3) is 5.91 Å². The van der Waals surface area contributed by atoms with Crippen LogP contribution in [0, 0.1) is 0 Å². The average Bonchev–Trinajstić information content (AvgIpc) is 3.27. The maximum absolute atomic E-state index is 12.9. The lowest BCUT2D eigenvalue weighted by atomic mass is 10.1. The summed E-state index contributed by atoms with van der Waals surface area (Å²) in [7, 11) is 0. The number of hydrogen-bond acceptors (Lipinski definition) is 7. The van der Waals surface area contributed by atoms with Crippen LogP contribution in [0.5, 0.6) is 0 Å². The van der Waals surface area contributed by atoms with E-state index < -0.39 is 0 Å². The summed E-state index contributed by atoms with van der Waals surface area (Å²) < 4.78 is 1.04. The average molecular weight is 402 g/mol. The third kappa shape index (κ3) is 3.54. The molecule has 1 fully saturated rings. The highest BCUT2D eigenvalue weighted by molar-refractivity contribution is 7.16. The molecule has 29 heavy (non-hydrogen) atoms. The van der Waals surface area contributed by atoms with E-state index in [2.05, 4.69) is 25.1 Å². The number of nitrogens with zero attached hydrogens (tertiary/aromatic N) is 6. The zero-order valence-electron chi connectivity index (χ0n) is 15.6. The second-order valence-electron chi connectivity index (χ2n) is 6.83. The molecule has 0 bridgehead atoms. The molecule has 4 heterocycles. The summed E-state index contributed by atoms with van der Waals surface area (Å²) in [4.78, 5) is 25.2. The number of anilines is 1. The van der Waals surface area contributed by atoms with Crippen molar-refractivity contribution < 1.29 is 4.79 Å². The van der Waals surface area contributed by atoms with E-state index >= 15 is 0 Å². The third-order valence-corrected chi connectivity index (χ3v) is 5.89. The lowest BCUT2D eigenvalue weighted by Gasteiger charge is -2.35. The molecular formula is C21H18N6OS. The minimum atomic E-state index is 0.0686. The van der Waals surface area contributed by atoms with Crippen molar-refractivity contribution in [1.82, 2.24) is 25.1 Å². The fourth-order valence-electron chi connectivity index (χ4n) is 3.48. The van der Waals surface area contributed by atoms with Crippen molar-refractivity contribution in [2.45, 2.75) is 0 Å². The summed E-state index contributed by atoms with van der Waals surface area (Å²) in [6.07, 6.45) is 3.49. The molecule has 0 aliphatic carbocycles. The zero-order valence-corrected chi connectivity index (χ0v) is 16.4. The molecule has 1 aromatic carbocycles. The largest absolute Gasteiger partial charge is 0.352 e. The van der Waals surface area contributed by atoms with Crippen LogP contribution >= 0.6 is 11.3 Å². The fraction of sp³-hybridized carbons (Fsp3) is 0.190. The van der Waals surface area contributed by atoms with Gasteiger partial charge in [0.2, 0.25) is 0 Å². The molecule has 7 nitrogen and oxygen atoms in total.